The van der Waals surface area contributed by atoms with Crippen LogP contribution in [0.3, 0.4) is 0 Å². The van der Waals surface area contributed by atoms with Crippen LogP contribution in [-0.4, -0.2) is 22.1 Å². The quantitative estimate of drug-likeness (QED) is 0.735. The van der Waals surface area contributed by atoms with Gasteiger partial charge in [0.15, 0.2) is 10.5 Å². The number of rotatable bonds is 2. The fraction of sp³-hybridized carbons (Fsp3) is 0.0833. The molecule has 2 aromatic heterocycles. The lowest BCUT2D eigenvalue weighted by Gasteiger charge is -2.08. The van der Waals surface area contributed by atoms with Crippen LogP contribution in [0.1, 0.15) is 0 Å². The lowest BCUT2D eigenvalue weighted by molar-refractivity contribution is 0.416. The Labute approximate surface area is 118 Å². The summed E-state index contributed by atoms with van der Waals surface area (Å²) >= 11 is 7.49. The zero-order valence-corrected chi connectivity index (χ0v) is 11.5. The number of methoxy groups -OCH3 is 1. The number of nitrogen functional groups attached to an aromatic ring is 1. The summed E-state index contributed by atoms with van der Waals surface area (Å²) < 4.78 is 5.32. The van der Waals surface area contributed by atoms with Crippen LogP contribution in [0.25, 0.3) is 21.0 Å². The van der Waals surface area contributed by atoms with E-state index in [1.165, 1.54) is 11.3 Å². The molecule has 0 radical (unpaired) electrons. The van der Waals surface area contributed by atoms with Crippen LogP contribution < -0.4 is 10.5 Å². The van der Waals surface area contributed by atoms with E-state index >= 15 is 0 Å². The molecule has 0 unspecified atom stereocenters. The van der Waals surface area contributed by atoms with E-state index in [1.807, 2.05) is 0 Å². The third-order valence-electron chi connectivity index (χ3n) is 2.60. The van der Waals surface area contributed by atoms with Gasteiger partial charge >= 0.3 is 0 Å². The molecule has 0 saturated heterocycles. The minimum atomic E-state index is 0.468. The maximum Gasteiger partial charge on any atom is 0.190 e. The Bertz CT molecular complexity index is 726. The van der Waals surface area contributed by atoms with E-state index in [2.05, 4.69) is 15.0 Å². The van der Waals surface area contributed by atoms with Crippen LogP contribution in [0.4, 0.5) is 5.69 Å². The molecule has 2 N–H and O–H groups in total. The number of aromatic nitrogens is 3. The summed E-state index contributed by atoms with van der Waals surface area (Å²) in [6.45, 7) is 0. The van der Waals surface area contributed by atoms with Gasteiger partial charge in [-0.05, 0) is 6.07 Å². The molecule has 19 heavy (non-hydrogen) atoms. The predicted octanol–water partition coefficient (Wildman–Crippen LogP) is 3.00. The van der Waals surface area contributed by atoms with Gasteiger partial charge in [-0.1, -0.05) is 22.9 Å². The molecule has 3 aromatic rings. The maximum absolute atomic E-state index is 6.06. The molecule has 0 aliphatic heterocycles. The van der Waals surface area contributed by atoms with Crippen molar-refractivity contribution in [1.82, 2.24) is 15.0 Å². The average molecular weight is 293 g/mol. The summed E-state index contributed by atoms with van der Waals surface area (Å²) in [5.74, 6) is 0.626. The summed E-state index contributed by atoms with van der Waals surface area (Å²) in [5, 5.41) is 1.22. The molecule has 96 valence electrons. The molecule has 7 heteroatoms. The zero-order valence-electron chi connectivity index (χ0n) is 9.92. The Morgan fingerprint density at radius 2 is 2.05 bits per heavy atom. The molecule has 0 saturated carbocycles. The number of hydrogen-bond donors (Lipinski definition) is 1. The number of ether oxygens (including phenoxy) is 1. The van der Waals surface area contributed by atoms with Gasteiger partial charge in [0.1, 0.15) is 10.8 Å². The average Bonchev–Trinajstić information content (AvgIpc) is 2.85. The summed E-state index contributed by atoms with van der Waals surface area (Å²) in [7, 11) is 1.58. The second kappa shape index (κ2) is 4.64. The highest BCUT2D eigenvalue weighted by Crippen LogP contribution is 2.38. The normalized spacial score (nSPS) is 10.8. The van der Waals surface area contributed by atoms with E-state index in [0.29, 0.717) is 22.1 Å². The van der Waals surface area contributed by atoms with Gasteiger partial charge < -0.3 is 10.5 Å². The molecule has 0 spiro atoms. The van der Waals surface area contributed by atoms with E-state index < -0.39 is 0 Å². The number of anilines is 1. The lowest BCUT2D eigenvalue weighted by Crippen LogP contribution is -1.92. The van der Waals surface area contributed by atoms with Crippen LogP contribution in [0.15, 0.2) is 24.5 Å². The number of fused-ring (bicyclic) bond motifs is 1. The SMILES string of the molecule is COc1cc(N)c(Cl)cc1-c1nc2nccnc2s1. The molecule has 3 rings (SSSR count). The number of nitrogens with two attached hydrogens (primary N) is 1. The summed E-state index contributed by atoms with van der Waals surface area (Å²) in [6.07, 6.45) is 3.25. The second-order valence-corrected chi connectivity index (χ2v) is 5.16. The fourth-order valence-electron chi connectivity index (χ4n) is 1.70. The lowest BCUT2D eigenvalue weighted by atomic mass is 10.2. The van der Waals surface area contributed by atoms with E-state index in [0.717, 1.165) is 15.4 Å². The molecule has 0 bridgehead atoms. The van der Waals surface area contributed by atoms with Gasteiger partial charge in [0.25, 0.3) is 0 Å². The van der Waals surface area contributed by atoms with Gasteiger partial charge in [0.2, 0.25) is 0 Å². The van der Waals surface area contributed by atoms with Gasteiger partial charge in [0.05, 0.1) is 23.4 Å². The fourth-order valence-corrected chi connectivity index (χ4v) is 2.75. The minimum absolute atomic E-state index is 0.468. The smallest absolute Gasteiger partial charge is 0.190 e. The Morgan fingerprint density at radius 1 is 1.26 bits per heavy atom. The number of nitrogens with zero attached hydrogens (tertiary/aromatic N) is 3. The number of thiazole rings is 1. The Hall–Kier alpha value is -1.92. The van der Waals surface area contributed by atoms with Crippen LogP contribution in [-0.2, 0) is 0 Å². The van der Waals surface area contributed by atoms with Crippen molar-refractivity contribution in [3.05, 3.63) is 29.5 Å². The molecule has 0 fully saturated rings. The highest BCUT2D eigenvalue weighted by molar-refractivity contribution is 7.21. The topological polar surface area (TPSA) is 73.9 Å². The van der Waals surface area contributed by atoms with Crippen LogP contribution in [0, 0.1) is 0 Å². The Kier molecular flexibility index (Phi) is 2.96. The van der Waals surface area contributed by atoms with E-state index in [9.17, 15) is 0 Å². The van der Waals surface area contributed by atoms with Crippen LogP contribution in [0.5, 0.6) is 5.75 Å². The van der Waals surface area contributed by atoms with Crippen molar-refractivity contribution < 1.29 is 4.74 Å². The highest BCUT2D eigenvalue weighted by atomic mass is 35.5. The highest BCUT2D eigenvalue weighted by Gasteiger charge is 2.14. The van der Waals surface area contributed by atoms with Gasteiger partial charge in [-0.2, -0.15) is 0 Å². The molecule has 2 heterocycles. The monoisotopic (exact) mass is 292 g/mol. The third-order valence-corrected chi connectivity index (χ3v) is 3.91. The first kappa shape index (κ1) is 12.1. The molecule has 0 aliphatic carbocycles. The molecular formula is C12H9ClN4OS. The van der Waals surface area contributed by atoms with Crippen molar-refractivity contribution in [3.8, 4) is 16.3 Å². The van der Waals surface area contributed by atoms with Crippen molar-refractivity contribution in [2.75, 3.05) is 12.8 Å². The van der Waals surface area contributed by atoms with E-state index in [1.54, 1.807) is 31.6 Å². The Balaban J connectivity index is 2.22. The van der Waals surface area contributed by atoms with Crippen LogP contribution >= 0.6 is 22.9 Å². The number of benzene rings is 1. The number of hydrogen-bond acceptors (Lipinski definition) is 6. The molecule has 0 amide bonds. The first-order valence-electron chi connectivity index (χ1n) is 5.40. The van der Waals surface area contributed by atoms with Gasteiger partial charge in [-0.3, -0.25) is 0 Å². The molecule has 1 aromatic carbocycles. The Morgan fingerprint density at radius 3 is 2.79 bits per heavy atom. The molecular weight excluding hydrogens is 284 g/mol. The van der Waals surface area contributed by atoms with E-state index in [-0.39, 0.29) is 0 Å². The first-order chi connectivity index (χ1) is 9.19. The summed E-state index contributed by atoms with van der Waals surface area (Å²) in [5.41, 5.74) is 7.63. The molecule has 0 atom stereocenters. The predicted molar refractivity (Wildman–Crippen MR) is 76.6 cm³/mol. The van der Waals surface area contributed by atoms with Gasteiger partial charge in [-0.25, -0.2) is 15.0 Å². The van der Waals surface area contributed by atoms with Crippen molar-refractivity contribution in [2.24, 2.45) is 0 Å². The summed E-state index contributed by atoms with van der Waals surface area (Å²) in [4.78, 5) is 13.6. The molecule has 0 aliphatic rings. The first-order valence-corrected chi connectivity index (χ1v) is 6.59. The second-order valence-electron chi connectivity index (χ2n) is 3.78. The largest absolute Gasteiger partial charge is 0.496 e. The van der Waals surface area contributed by atoms with Gasteiger partial charge in [-0.15, -0.1) is 0 Å². The van der Waals surface area contributed by atoms with Crippen molar-refractivity contribution in [2.45, 2.75) is 0 Å². The maximum atomic E-state index is 6.06. The van der Waals surface area contributed by atoms with Gasteiger partial charge in [0, 0.05) is 18.5 Å². The zero-order chi connectivity index (χ0) is 13.4. The van der Waals surface area contributed by atoms with E-state index in [4.69, 9.17) is 22.1 Å². The van der Waals surface area contributed by atoms with Crippen molar-refractivity contribution in [3.63, 3.8) is 0 Å². The minimum Gasteiger partial charge on any atom is -0.496 e. The van der Waals surface area contributed by atoms with Crippen molar-refractivity contribution >= 4 is 39.1 Å². The number of halogens is 1. The summed E-state index contributed by atoms with van der Waals surface area (Å²) in [6, 6.07) is 3.43. The standard InChI is InChI=1S/C12H9ClN4OS/c1-18-9-5-8(14)7(13)4-6(9)11-17-10-12(19-11)16-3-2-15-10/h2-5H,14H2,1H3. The third kappa shape index (κ3) is 2.09. The molecule has 5 nitrogen and oxygen atoms in total. The van der Waals surface area contributed by atoms with Crippen molar-refractivity contribution in [1.29, 1.82) is 0 Å². The van der Waals surface area contributed by atoms with Crippen LogP contribution in [0.2, 0.25) is 5.02 Å².